The van der Waals surface area contributed by atoms with Gasteiger partial charge in [0.25, 0.3) is 0 Å². The highest BCUT2D eigenvalue weighted by atomic mass is 32.2. The molecule has 2 rings (SSSR count). The third kappa shape index (κ3) is 3.46. The molecule has 0 aliphatic heterocycles. The highest BCUT2D eigenvalue weighted by Gasteiger charge is 2.43. The first-order chi connectivity index (χ1) is 9.07. The summed E-state index contributed by atoms with van der Waals surface area (Å²) in [6.07, 6.45) is 3.10. The second-order valence-corrected chi connectivity index (χ2v) is 6.99. The molecule has 0 bridgehead atoms. The molecule has 2 N–H and O–H groups in total. The highest BCUT2D eigenvalue weighted by molar-refractivity contribution is 8.01. The van der Waals surface area contributed by atoms with Gasteiger partial charge in [0, 0.05) is 11.7 Å². The van der Waals surface area contributed by atoms with Crippen molar-refractivity contribution < 1.29 is 9.53 Å². The fourth-order valence-electron chi connectivity index (χ4n) is 2.16. The minimum Gasteiger partial charge on any atom is -0.465 e. The second-order valence-electron chi connectivity index (χ2n) is 4.69. The van der Waals surface area contributed by atoms with E-state index in [0.29, 0.717) is 24.7 Å². The Morgan fingerprint density at radius 1 is 1.63 bits per heavy atom. The Labute approximate surface area is 121 Å². The number of aromatic nitrogens is 2. The van der Waals surface area contributed by atoms with Crippen LogP contribution in [0, 0.1) is 0 Å². The summed E-state index contributed by atoms with van der Waals surface area (Å²) in [5.74, 6) is 0.611. The maximum Gasteiger partial charge on any atom is 0.326 e. The van der Waals surface area contributed by atoms with Gasteiger partial charge in [-0.2, -0.15) is 4.37 Å². The van der Waals surface area contributed by atoms with Crippen molar-refractivity contribution in [2.75, 3.05) is 6.61 Å². The summed E-state index contributed by atoms with van der Waals surface area (Å²) in [6.45, 7) is 4.22. The minimum atomic E-state index is -0.814. The van der Waals surface area contributed by atoms with Gasteiger partial charge in [0.05, 0.1) is 6.61 Å². The van der Waals surface area contributed by atoms with Gasteiger partial charge in [0.2, 0.25) is 0 Å². The number of thioether (sulfide) groups is 1. The molecular formula is C12H19N3O2S2. The van der Waals surface area contributed by atoms with Crippen molar-refractivity contribution in [2.24, 2.45) is 5.73 Å². The van der Waals surface area contributed by atoms with Gasteiger partial charge in [-0.25, -0.2) is 4.98 Å². The fraction of sp³-hybridized carbons (Fsp3) is 0.750. The molecule has 1 heterocycles. The van der Waals surface area contributed by atoms with Crippen LogP contribution in [0.3, 0.4) is 0 Å². The predicted molar refractivity (Wildman–Crippen MR) is 76.3 cm³/mol. The van der Waals surface area contributed by atoms with Crippen molar-refractivity contribution in [1.82, 2.24) is 9.36 Å². The van der Waals surface area contributed by atoms with Crippen molar-refractivity contribution in [3.05, 3.63) is 5.82 Å². The molecule has 0 spiro atoms. The summed E-state index contributed by atoms with van der Waals surface area (Å²) < 4.78 is 10.3. The molecular weight excluding hydrogens is 282 g/mol. The summed E-state index contributed by atoms with van der Waals surface area (Å²) in [7, 11) is 0. The van der Waals surface area contributed by atoms with Crippen LogP contribution < -0.4 is 5.73 Å². The number of carbonyl (C=O) groups is 1. The lowest BCUT2D eigenvalue weighted by Gasteiger charge is -2.21. The number of hydrogen-bond donors (Lipinski definition) is 1. The Morgan fingerprint density at radius 2 is 2.42 bits per heavy atom. The lowest BCUT2D eigenvalue weighted by molar-refractivity contribution is -0.149. The Kier molecular flexibility index (Phi) is 4.81. The lowest BCUT2D eigenvalue weighted by atomic mass is 10.00. The fourth-order valence-corrected chi connectivity index (χ4v) is 4.41. The first-order valence-corrected chi connectivity index (χ1v) is 8.18. The van der Waals surface area contributed by atoms with E-state index in [1.807, 2.05) is 6.92 Å². The predicted octanol–water partition coefficient (Wildman–Crippen LogP) is 2.01. The van der Waals surface area contributed by atoms with E-state index in [4.69, 9.17) is 10.5 Å². The first-order valence-electron chi connectivity index (χ1n) is 6.52. The van der Waals surface area contributed by atoms with Gasteiger partial charge < -0.3 is 10.5 Å². The van der Waals surface area contributed by atoms with Crippen LogP contribution in [0.15, 0.2) is 4.34 Å². The van der Waals surface area contributed by atoms with E-state index in [1.165, 1.54) is 11.5 Å². The van der Waals surface area contributed by atoms with Crippen LogP contribution in [-0.4, -0.2) is 32.7 Å². The molecule has 19 heavy (non-hydrogen) atoms. The molecule has 1 aliphatic carbocycles. The van der Waals surface area contributed by atoms with E-state index < -0.39 is 5.54 Å². The molecule has 7 heteroatoms. The molecule has 2 unspecified atom stereocenters. The van der Waals surface area contributed by atoms with Crippen LogP contribution in [0.5, 0.6) is 0 Å². The van der Waals surface area contributed by atoms with Crippen molar-refractivity contribution in [3.8, 4) is 0 Å². The zero-order chi connectivity index (χ0) is 13.9. The van der Waals surface area contributed by atoms with E-state index in [1.54, 1.807) is 18.7 Å². The highest BCUT2D eigenvalue weighted by Crippen LogP contribution is 2.40. The minimum absolute atomic E-state index is 0.274. The number of ether oxygens (including phenoxy) is 1. The topological polar surface area (TPSA) is 78.1 Å². The summed E-state index contributed by atoms with van der Waals surface area (Å²) in [4.78, 5) is 16.3. The number of nitrogens with two attached hydrogens (primary N) is 1. The Balaban J connectivity index is 1.92. The average Bonchev–Trinajstić information content (AvgIpc) is 2.98. The molecule has 5 nitrogen and oxygen atoms in total. The molecule has 106 valence electrons. The van der Waals surface area contributed by atoms with Crippen LogP contribution in [0.1, 0.15) is 38.9 Å². The molecule has 1 saturated carbocycles. The van der Waals surface area contributed by atoms with Crippen LogP contribution >= 0.6 is 23.3 Å². The molecule has 1 fully saturated rings. The number of rotatable bonds is 5. The standard InChI is InChI=1S/C12H19N3O2S2/c1-3-9-14-11(19-15-9)18-8-5-6-12(13,7-8)10(16)17-4-2/h8H,3-7,13H2,1-2H3. The summed E-state index contributed by atoms with van der Waals surface area (Å²) >= 11 is 3.11. The van der Waals surface area contributed by atoms with Gasteiger partial charge in [-0.1, -0.05) is 18.7 Å². The largest absolute Gasteiger partial charge is 0.465 e. The average molecular weight is 301 g/mol. The number of carbonyl (C=O) groups excluding carboxylic acids is 1. The Hall–Kier alpha value is -0.660. The Morgan fingerprint density at radius 3 is 3.05 bits per heavy atom. The molecule has 1 aromatic rings. The third-order valence-corrected chi connectivity index (χ3v) is 5.31. The van der Waals surface area contributed by atoms with E-state index in [2.05, 4.69) is 9.36 Å². The van der Waals surface area contributed by atoms with E-state index in [-0.39, 0.29) is 5.97 Å². The van der Waals surface area contributed by atoms with Crippen LogP contribution in [0.25, 0.3) is 0 Å². The molecule has 1 aromatic heterocycles. The maximum absolute atomic E-state index is 11.8. The van der Waals surface area contributed by atoms with E-state index in [9.17, 15) is 4.79 Å². The molecule has 0 radical (unpaired) electrons. The molecule has 0 aromatic carbocycles. The van der Waals surface area contributed by atoms with Gasteiger partial charge in [0.1, 0.15) is 11.4 Å². The Bertz CT molecular complexity index is 452. The van der Waals surface area contributed by atoms with Crippen molar-refractivity contribution in [3.63, 3.8) is 0 Å². The second kappa shape index (κ2) is 6.19. The summed E-state index contributed by atoms with van der Waals surface area (Å²) in [5, 5.41) is 0.326. The summed E-state index contributed by atoms with van der Waals surface area (Å²) in [6, 6.07) is 0. The third-order valence-electron chi connectivity index (χ3n) is 3.22. The lowest BCUT2D eigenvalue weighted by Crippen LogP contribution is -2.47. The van der Waals surface area contributed by atoms with Gasteiger partial charge >= 0.3 is 5.97 Å². The number of hydrogen-bond acceptors (Lipinski definition) is 7. The monoisotopic (exact) mass is 301 g/mol. The van der Waals surface area contributed by atoms with Crippen LogP contribution in [0.2, 0.25) is 0 Å². The first kappa shape index (κ1) is 14.7. The van der Waals surface area contributed by atoms with Gasteiger partial charge in [-0.3, -0.25) is 4.79 Å². The number of nitrogens with zero attached hydrogens (tertiary/aromatic N) is 2. The van der Waals surface area contributed by atoms with Crippen LogP contribution in [0.4, 0.5) is 0 Å². The van der Waals surface area contributed by atoms with Crippen molar-refractivity contribution in [1.29, 1.82) is 0 Å². The zero-order valence-corrected chi connectivity index (χ0v) is 12.9. The molecule has 1 aliphatic rings. The van der Waals surface area contributed by atoms with Crippen LogP contribution in [-0.2, 0) is 16.0 Å². The van der Waals surface area contributed by atoms with E-state index in [0.717, 1.165) is 23.0 Å². The normalized spacial score (nSPS) is 26.6. The van der Waals surface area contributed by atoms with Gasteiger partial charge in [0.15, 0.2) is 4.34 Å². The number of aryl methyl sites for hydroxylation is 1. The zero-order valence-electron chi connectivity index (χ0n) is 11.2. The number of esters is 1. The molecule has 2 atom stereocenters. The quantitative estimate of drug-likeness (QED) is 0.838. The van der Waals surface area contributed by atoms with Gasteiger partial charge in [-0.15, -0.1) is 0 Å². The molecule has 0 saturated heterocycles. The summed E-state index contributed by atoms with van der Waals surface area (Å²) in [5.41, 5.74) is 5.33. The van der Waals surface area contributed by atoms with Gasteiger partial charge in [-0.05, 0) is 37.7 Å². The van der Waals surface area contributed by atoms with E-state index >= 15 is 0 Å². The smallest absolute Gasteiger partial charge is 0.326 e. The molecule has 0 amide bonds. The van der Waals surface area contributed by atoms with Crippen molar-refractivity contribution in [2.45, 2.75) is 54.7 Å². The SMILES string of the molecule is CCOC(=O)C1(N)CCC(Sc2nc(CC)ns2)C1. The van der Waals surface area contributed by atoms with Crippen molar-refractivity contribution >= 4 is 29.3 Å². The maximum atomic E-state index is 11.8.